The first kappa shape index (κ1) is 20.7. The molecule has 0 spiro atoms. The highest BCUT2D eigenvalue weighted by molar-refractivity contribution is 7.80. The van der Waals surface area contributed by atoms with Gasteiger partial charge in [-0.15, -0.1) is 0 Å². The number of nitrogens with one attached hydrogen (secondary N) is 2. The summed E-state index contributed by atoms with van der Waals surface area (Å²) in [5, 5.41) is 15.5. The fourth-order valence-corrected chi connectivity index (χ4v) is 2.60. The molecule has 0 unspecified atom stereocenters. The fourth-order valence-electron chi connectivity index (χ4n) is 2.37. The van der Waals surface area contributed by atoms with E-state index in [1.165, 1.54) is 0 Å². The van der Waals surface area contributed by atoms with E-state index in [1.807, 2.05) is 44.2 Å². The van der Waals surface area contributed by atoms with Crippen LogP contribution in [0.3, 0.4) is 0 Å². The van der Waals surface area contributed by atoms with Crippen molar-refractivity contribution in [3.63, 3.8) is 0 Å². The van der Waals surface area contributed by atoms with Gasteiger partial charge in [0.2, 0.25) is 0 Å². The third-order valence-corrected chi connectivity index (χ3v) is 4.42. The lowest BCUT2D eigenvalue weighted by atomic mass is 9.87. The maximum Gasteiger partial charge on any atom is 0.264 e. The maximum atomic E-state index is 12.1. The van der Waals surface area contributed by atoms with Gasteiger partial charge in [0.15, 0.2) is 11.7 Å². The molecule has 0 aliphatic rings. The number of aryl methyl sites for hydroxylation is 2. The lowest BCUT2D eigenvalue weighted by molar-refractivity contribution is -0.121. The van der Waals surface area contributed by atoms with E-state index in [9.17, 15) is 9.90 Å². The van der Waals surface area contributed by atoms with E-state index in [2.05, 4.69) is 31.4 Å². The summed E-state index contributed by atoms with van der Waals surface area (Å²) in [4.78, 5) is 12.1. The van der Waals surface area contributed by atoms with E-state index in [4.69, 9.17) is 17.0 Å². The molecule has 0 heterocycles. The molecule has 3 N–H and O–H groups in total. The van der Waals surface area contributed by atoms with Crippen LogP contribution in [0.2, 0.25) is 0 Å². The molecule has 2 aromatic carbocycles. The Kier molecular flexibility index (Phi) is 6.44. The topological polar surface area (TPSA) is 70.6 Å². The molecule has 0 saturated carbocycles. The fraction of sp³-hybridized carbons (Fsp3) is 0.333. The Morgan fingerprint density at radius 1 is 1.11 bits per heavy atom. The van der Waals surface area contributed by atoms with Crippen molar-refractivity contribution in [1.82, 2.24) is 5.32 Å². The number of phenols is 1. The lowest BCUT2D eigenvalue weighted by Crippen LogP contribution is -2.37. The minimum absolute atomic E-state index is 0.0611. The van der Waals surface area contributed by atoms with Crippen LogP contribution in [0, 0.1) is 13.8 Å². The van der Waals surface area contributed by atoms with E-state index in [-0.39, 0.29) is 28.8 Å². The van der Waals surface area contributed by atoms with Gasteiger partial charge in [-0.2, -0.15) is 0 Å². The van der Waals surface area contributed by atoms with Crippen molar-refractivity contribution in [3.8, 4) is 11.5 Å². The van der Waals surface area contributed by atoms with Gasteiger partial charge in [-0.05, 0) is 72.4 Å². The number of hydrogen-bond acceptors (Lipinski definition) is 4. The van der Waals surface area contributed by atoms with Gasteiger partial charge in [-0.1, -0.05) is 32.9 Å². The summed E-state index contributed by atoms with van der Waals surface area (Å²) in [6.07, 6.45) is 0. The summed E-state index contributed by atoms with van der Waals surface area (Å²) in [5.41, 5.74) is 3.67. The molecule has 0 radical (unpaired) electrons. The molecule has 6 heteroatoms. The van der Waals surface area contributed by atoms with Gasteiger partial charge in [0.25, 0.3) is 5.91 Å². The van der Waals surface area contributed by atoms with Crippen molar-refractivity contribution in [2.75, 3.05) is 11.9 Å². The second kappa shape index (κ2) is 8.39. The predicted octanol–water partition coefficient (Wildman–Crippen LogP) is 4.20. The summed E-state index contributed by atoms with van der Waals surface area (Å²) in [6.45, 7) is 10.1. The first-order chi connectivity index (χ1) is 12.6. The van der Waals surface area contributed by atoms with Gasteiger partial charge in [0.05, 0.1) is 5.69 Å². The van der Waals surface area contributed by atoms with Gasteiger partial charge in [0.1, 0.15) is 11.5 Å². The van der Waals surface area contributed by atoms with Crippen molar-refractivity contribution in [2.45, 2.75) is 40.0 Å². The molecule has 27 heavy (non-hydrogen) atoms. The number of thiocarbonyl (C=S) groups is 1. The molecular formula is C21H26N2O3S. The quantitative estimate of drug-likeness (QED) is 0.543. The van der Waals surface area contributed by atoms with Crippen LogP contribution >= 0.6 is 12.2 Å². The number of phenolic OH excluding ortho intramolecular Hbond substituents is 1. The van der Waals surface area contributed by atoms with E-state index in [0.29, 0.717) is 11.4 Å². The number of hydrogen-bond donors (Lipinski definition) is 3. The van der Waals surface area contributed by atoms with Crippen LogP contribution < -0.4 is 15.4 Å². The Balaban J connectivity index is 1.93. The SMILES string of the molecule is Cc1ccc(OCC(=O)NC(=S)Nc2cc(C(C)(C)C)ccc2O)cc1C. The molecule has 0 bridgehead atoms. The highest BCUT2D eigenvalue weighted by Crippen LogP contribution is 2.30. The maximum absolute atomic E-state index is 12.1. The molecule has 2 aromatic rings. The summed E-state index contributed by atoms with van der Waals surface area (Å²) < 4.78 is 5.49. The average Bonchev–Trinajstić information content (AvgIpc) is 2.57. The highest BCUT2D eigenvalue weighted by atomic mass is 32.1. The first-order valence-corrected chi connectivity index (χ1v) is 9.11. The van der Waals surface area contributed by atoms with E-state index in [0.717, 1.165) is 16.7 Å². The number of rotatable bonds is 4. The van der Waals surface area contributed by atoms with Gasteiger partial charge < -0.3 is 15.2 Å². The minimum Gasteiger partial charge on any atom is -0.506 e. The van der Waals surface area contributed by atoms with E-state index >= 15 is 0 Å². The van der Waals surface area contributed by atoms with Gasteiger partial charge >= 0.3 is 0 Å². The largest absolute Gasteiger partial charge is 0.506 e. The third kappa shape index (κ3) is 5.96. The molecule has 0 atom stereocenters. The second-order valence-electron chi connectivity index (χ2n) is 7.52. The van der Waals surface area contributed by atoms with Crippen LogP contribution in [-0.4, -0.2) is 22.7 Å². The summed E-state index contributed by atoms with van der Waals surface area (Å²) >= 11 is 5.17. The van der Waals surface area contributed by atoms with Crippen LogP contribution in [0.25, 0.3) is 0 Å². The first-order valence-electron chi connectivity index (χ1n) is 8.70. The van der Waals surface area contributed by atoms with Crippen LogP contribution in [0.15, 0.2) is 36.4 Å². The monoisotopic (exact) mass is 386 g/mol. The molecule has 144 valence electrons. The number of benzene rings is 2. The molecule has 0 fully saturated rings. The van der Waals surface area contributed by atoms with Crippen molar-refractivity contribution in [2.24, 2.45) is 0 Å². The number of ether oxygens (including phenoxy) is 1. The molecule has 2 rings (SSSR count). The number of amides is 1. The second-order valence-corrected chi connectivity index (χ2v) is 7.93. The summed E-state index contributed by atoms with van der Waals surface area (Å²) in [6, 6.07) is 10.9. The zero-order chi connectivity index (χ0) is 20.2. The standard InChI is InChI=1S/C21H26N2O3S/c1-13-6-8-16(10-14(13)2)26-12-19(25)23-20(27)22-17-11-15(21(3,4)5)7-9-18(17)24/h6-11,24H,12H2,1-5H3,(H2,22,23,25,27). The van der Waals surface area contributed by atoms with Gasteiger partial charge in [-0.25, -0.2) is 0 Å². The molecule has 1 amide bonds. The van der Waals surface area contributed by atoms with Crippen LogP contribution in [-0.2, 0) is 10.2 Å². The van der Waals surface area contributed by atoms with Crippen LogP contribution in [0.5, 0.6) is 11.5 Å². The number of anilines is 1. The zero-order valence-corrected chi connectivity index (χ0v) is 17.2. The zero-order valence-electron chi connectivity index (χ0n) is 16.3. The molecule has 0 aliphatic carbocycles. The average molecular weight is 387 g/mol. The number of aromatic hydroxyl groups is 1. The molecule has 0 aliphatic heterocycles. The Hall–Kier alpha value is -2.60. The lowest BCUT2D eigenvalue weighted by Gasteiger charge is -2.21. The Morgan fingerprint density at radius 3 is 2.44 bits per heavy atom. The predicted molar refractivity (Wildman–Crippen MR) is 113 cm³/mol. The van der Waals surface area contributed by atoms with E-state index < -0.39 is 0 Å². The Morgan fingerprint density at radius 2 is 1.81 bits per heavy atom. The minimum atomic E-state index is -0.378. The highest BCUT2D eigenvalue weighted by Gasteiger charge is 2.16. The number of carbonyl (C=O) groups excluding carboxylic acids is 1. The van der Waals surface area contributed by atoms with Crippen molar-refractivity contribution in [3.05, 3.63) is 53.1 Å². The smallest absolute Gasteiger partial charge is 0.264 e. The summed E-state index contributed by atoms with van der Waals surface area (Å²) in [7, 11) is 0. The van der Waals surface area contributed by atoms with E-state index in [1.54, 1.807) is 6.07 Å². The molecular weight excluding hydrogens is 360 g/mol. The Labute approximate surface area is 165 Å². The molecule has 5 nitrogen and oxygen atoms in total. The molecule has 0 saturated heterocycles. The third-order valence-electron chi connectivity index (χ3n) is 4.21. The van der Waals surface area contributed by atoms with Crippen LogP contribution in [0.1, 0.15) is 37.5 Å². The van der Waals surface area contributed by atoms with Crippen molar-refractivity contribution in [1.29, 1.82) is 0 Å². The Bertz CT molecular complexity index is 857. The van der Waals surface area contributed by atoms with Crippen molar-refractivity contribution < 1.29 is 14.6 Å². The molecule has 0 aromatic heterocycles. The van der Waals surface area contributed by atoms with Crippen molar-refractivity contribution >= 4 is 28.9 Å². The summed E-state index contributed by atoms with van der Waals surface area (Å²) in [5.74, 6) is 0.311. The van der Waals surface area contributed by atoms with Gasteiger partial charge in [-0.3, -0.25) is 10.1 Å². The van der Waals surface area contributed by atoms with Crippen LogP contribution in [0.4, 0.5) is 5.69 Å². The number of carbonyl (C=O) groups is 1. The van der Waals surface area contributed by atoms with Gasteiger partial charge in [0, 0.05) is 0 Å². The normalized spacial score (nSPS) is 11.0.